The van der Waals surface area contributed by atoms with Gasteiger partial charge < -0.3 is 4.74 Å². The highest BCUT2D eigenvalue weighted by Crippen LogP contribution is 2.60. The third kappa shape index (κ3) is 4.50. The zero-order chi connectivity index (χ0) is 24.1. The van der Waals surface area contributed by atoms with Gasteiger partial charge in [0.05, 0.1) is 18.0 Å². The van der Waals surface area contributed by atoms with Crippen LogP contribution in [0.1, 0.15) is 50.3 Å². The minimum absolute atomic E-state index is 0.0258. The van der Waals surface area contributed by atoms with Crippen molar-refractivity contribution in [1.29, 1.82) is 0 Å². The number of hydrogen-bond donors (Lipinski definition) is 0. The second-order valence-electron chi connectivity index (χ2n) is 10.4. The number of carbonyl (C=O) groups excluding carboxylic acids is 1. The van der Waals surface area contributed by atoms with Crippen LogP contribution in [0.3, 0.4) is 0 Å². The van der Waals surface area contributed by atoms with E-state index in [9.17, 15) is 13.2 Å². The minimum atomic E-state index is -3.87. The lowest BCUT2D eigenvalue weighted by Crippen LogP contribution is -2.51. The summed E-state index contributed by atoms with van der Waals surface area (Å²) in [5.74, 6) is 6.03. The van der Waals surface area contributed by atoms with Gasteiger partial charge in [-0.1, -0.05) is 61.1 Å². The topological polar surface area (TPSA) is 67.0 Å². The molecule has 2 fully saturated rings. The van der Waals surface area contributed by atoms with E-state index in [2.05, 4.69) is 25.7 Å². The molecule has 2 aliphatic rings. The Labute approximate surface area is 197 Å². The van der Waals surface area contributed by atoms with Crippen LogP contribution >= 0.6 is 0 Å². The van der Waals surface area contributed by atoms with E-state index in [1.54, 1.807) is 24.3 Å². The van der Waals surface area contributed by atoms with Crippen LogP contribution in [-0.4, -0.2) is 42.8 Å². The summed E-state index contributed by atoms with van der Waals surface area (Å²) in [6.45, 7) is 9.87. The SMILES string of the molecule is Cc1ccc(C#CCN(CC23OC2(C)CC(C)(C)CC3=O)S(=O)(=O)c2ccc(C)cc2)cc1. The highest BCUT2D eigenvalue weighted by molar-refractivity contribution is 7.89. The van der Waals surface area contributed by atoms with Gasteiger partial charge in [0.15, 0.2) is 11.4 Å². The van der Waals surface area contributed by atoms with Gasteiger partial charge in [0.25, 0.3) is 0 Å². The van der Waals surface area contributed by atoms with E-state index in [0.717, 1.165) is 16.7 Å². The van der Waals surface area contributed by atoms with Gasteiger partial charge in [-0.2, -0.15) is 4.31 Å². The van der Waals surface area contributed by atoms with Crippen LogP contribution in [0.4, 0.5) is 0 Å². The summed E-state index contributed by atoms with van der Waals surface area (Å²) in [6, 6.07) is 14.5. The first-order chi connectivity index (χ1) is 15.4. The number of hydrogen-bond acceptors (Lipinski definition) is 4. The highest BCUT2D eigenvalue weighted by atomic mass is 32.2. The van der Waals surface area contributed by atoms with Gasteiger partial charge in [0, 0.05) is 12.0 Å². The third-order valence-electron chi connectivity index (χ3n) is 6.71. The van der Waals surface area contributed by atoms with Crippen LogP contribution in [0.2, 0.25) is 0 Å². The predicted octanol–water partition coefficient (Wildman–Crippen LogP) is 4.26. The van der Waals surface area contributed by atoms with E-state index in [4.69, 9.17) is 4.74 Å². The number of aryl methyl sites for hydroxylation is 2. The lowest BCUT2D eigenvalue weighted by atomic mass is 9.67. The highest BCUT2D eigenvalue weighted by Gasteiger charge is 2.75. The molecular weight excluding hydrogens is 434 g/mol. The maximum atomic E-state index is 13.6. The van der Waals surface area contributed by atoms with Crippen molar-refractivity contribution in [3.05, 3.63) is 65.2 Å². The quantitative estimate of drug-likeness (QED) is 0.489. The summed E-state index contributed by atoms with van der Waals surface area (Å²) in [5, 5.41) is 0. The van der Waals surface area contributed by atoms with Crippen molar-refractivity contribution in [2.45, 2.75) is 63.6 Å². The molecule has 1 heterocycles. The van der Waals surface area contributed by atoms with E-state index in [1.165, 1.54) is 4.31 Å². The van der Waals surface area contributed by atoms with Crippen molar-refractivity contribution >= 4 is 15.8 Å². The number of epoxide rings is 1. The summed E-state index contributed by atoms with van der Waals surface area (Å²) in [5.41, 5.74) is 0.989. The Hall–Kier alpha value is -2.46. The number of nitrogens with zero attached hydrogens (tertiary/aromatic N) is 1. The first-order valence-electron chi connectivity index (χ1n) is 11.2. The van der Waals surface area contributed by atoms with Crippen molar-refractivity contribution in [2.75, 3.05) is 13.1 Å². The molecule has 174 valence electrons. The van der Waals surface area contributed by atoms with Crippen molar-refractivity contribution in [3.8, 4) is 11.8 Å². The molecule has 2 unspecified atom stereocenters. The molecule has 0 spiro atoms. The number of rotatable bonds is 5. The number of benzene rings is 2. The van der Waals surface area contributed by atoms with Gasteiger partial charge in [-0.05, 0) is 56.9 Å². The predicted molar refractivity (Wildman–Crippen MR) is 128 cm³/mol. The summed E-state index contributed by atoms with van der Waals surface area (Å²) in [7, 11) is -3.87. The molecule has 1 saturated heterocycles. The van der Waals surface area contributed by atoms with Crippen LogP contribution in [-0.2, 0) is 19.6 Å². The molecule has 2 aromatic carbocycles. The molecule has 6 heteroatoms. The fraction of sp³-hybridized carbons (Fsp3) is 0.444. The van der Waals surface area contributed by atoms with Crippen molar-refractivity contribution in [2.24, 2.45) is 5.41 Å². The van der Waals surface area contributed by atoms with Gasteiger partial charge >= 0.3 is 0 Å². The molecule has 1 aliphatic carbocycles. The van der Waals surface area contributed by atoms with Gasteiger partial charge in [-0.25, -0.2) is 8.42 Å². The summed E-state index contributed by atoms with van der Waals surface area (Å²) in [4.78, 5) is 13.4. The zero-order valence-electron chi connectivity index (χ0n) is 19.9. The summed E-state index contributed by atoms with van der Waals surface area (Å²) in [6.07, 6.45) is 1.08. The van der Waals surface area contributed by atoms with E-state index in [1.807, 2.05) is 45.0 Å². The fourth-order valence-electron chi connectivity index (χ4n) is 4.93. The second kappa shape index (κ2) is 8.09. The number of sulfonamides is 1. The Balaban J connectivity index is 1.66. The second-order valence-corrected chi connectivity index (χ2v) is 12.3. The van der Waals surface area contributed by atoms with Gasteiger partial charge in [-0.15, -0.1) is 0 Å². The molecular formula is C27H31NO4S. The number of ether oxygens (including phenoxy) is 1. The third-order valence-corrected chi connectivity index (χ3v) is 8.52. The van der Waals surface area contributed by atoms with Crippen LogP contribution in [0.5, 0.6) is 0 Å². The normalized spacial score (nSPS) is 25.8. The molecule has 33 heavy (non-hydrogen) atoms. The Bertz CT molecular complexity index is 1240. The number of carbonyl (C=O) groups is 1. The molecule has 2 atom stereocenters. The average molecular weight is 466 g/mol. The van der Waals surface area contributed by atoms with Gasteiger partial charge in [0.2, 0.25) is 10.0 Å². The van der Waals surface area contributed by atoms with Crippen molar-refractivity contribution < 1.29 is 17.9 Å². The molecule has 0 radical (unpaired) electrons. The lowest BCUT2D eigenvalue weighted by Gasteiger charge is -2.35. The molecule has 1 aliphatic heterocycles. The van der Waals surface area contributed by atoms with Crippen LogP contribution < -0.4 is 0 Å². The molecule has 0 amide bonds. The first-order valence-corrected chi connectivity index (χ1v) is 12.7. The monoisotopic (exact) mass is 465 g/mol. The number of ketones is 1. The van der Waals surface area contributed by atoms with Gasteiger partial charge in [0.1, 0.15) is 5.60 Å². The largest absolute Gasteiger partial charge is 0.353 e. The van der Waals surface area contributed by atoms with Crippen molar-refractivity contribution in [1.82, 2.24) is 4.31 Å². The molecule has 2 aromatic rings. The number of fused-ring (bicyclic) bond motifs is 1. The standard InChI is InChI=1S/C27H31NO4S/c1-20-8-12-22(13-9-20)7-6-16-28(33(30,31)23-14-10-21(2)11-15-23)19-27-24(29)17-25(3,4)18-26(27,5)32-27/h8-15H,16-19H2,1-5H3. The molecule has 0 aromatic heterocycles. The summed E-state index contributed by atoms with van der Waals surface area (Å²) >= 11 is 0. The zero-order valence-corrected chi connectivity index (χ0v) is 20.8. The smallest absolute Gasteiger partial charge is 0.244 e. The lowest BCUT2D eigenvalue weighted by molar-refractivity contribution is -0.127. The maximum absolute atomic E-state index is 13.6. The summed E-state index contributed by atoms with van der Waals surface area (Å²) < 4.78 is 34.6. The van der Waals surface area contributed by atoms with E-state index in [-0.39, 0.29) is 29.2 Å². The van der Waals surface area contributed by atoms with E-state index >= 15 is 0 Å². The fourth-order valence-corrected chi connectivity index (χ4v) is 6.30. The van der Waals surface area contributed by atoms with E-state index < -0.39 is 21.2 Å². The van der Waals surface area contributed by atoms with E-state index in [0.29, 0.717) is 12.8 Å². The maximum Gasteiger partial charge on any atom is 0.244 e. The molecule has 0 N–H and O–H groups in total. The minimum Gasteiger partial charge on any atom is -0.353 e. The Morgan fingerprint density at radius 3 is 2.12 bits per heavy atom. The average Bonchev–Trinajstić information content (AvgIpc) is 3.32. The first kappa shape index (κ1) is 23.7. The number of Topliss-reactive ketones (excluding diaryl/α,β-unsaturated/α-hetero) is 1. The van der Waals surface area contributed by atoms with Crippen LogP contribution in [0.15, 0.2) is 53.4 Å². The molecule has 0 bridgehead atoms. The Kier molecular flexibility index (Phi) is 5.81. The van der Waals surface area contributed by atoms with Crippen molar-refractivity contribution in [3.63, 3.8) is 0 Å². The molecule has 1 saturated carbocycles. The van der Waals surface area contributed by atoms with Gasteiger partial charge in [-0.3, -0.25) is 4.79 Å². The Morgan fingerprint density at radius 1 is 0.970 bits per heavy atom. The van der Waals surface area contributed by atoms with Crippen LogP contribution in [0, 0.1) is 31.1 Å². The molecule has 4 rings (SSSR count). The molecule has 5 nitrogen and oxygen atoms in total. The Morgan fingerprint density at radius 2 is 1.55 bits per heavy atom. The van der Waals surface area contributed by atoms with Crippen LogP contribution in [0.25, 0.3) is 0 Å².